The molecule has 0 fully saturated rings. The van der Waals surface area contributed by atoms with Gasteiger partial charge in [0.05, 0.1) is 60.9 Å². The molecule has 25 nitrogen and oxygen atoms in total. The van der Waals surface area contributed by atoms with Crippen molar-refractivity contribution >= 4 is 166 Å². The summed E-state index contributed by atoms with van der Waals surface area (Å²) in [6, 6.07) is 25.1. The Morgan fingerprint density at radius 3 is 1.09 bits per heavy atom. The number of carbonyl (C=O) groups excluding carboxylic acids is 2. The number of rotatable bonds is 14. The summed E-state index contributed by atoms with van der Waals surface area (Å²) in [5, 5.41) is 61.5. The first-order valence-electron chi connectivity index (χ1n) is 30.1. The van der Waals surface area contributed by atoms with Crippen LogP contribution in [0.15, 0.2) is 147 Å². The Morgan fingerprint density at radius 2 is 0.769 bits per heavy atom. The highest BCUT2D eigenvalue weighted by atomic mass is 35.5. The van der Waals surface area contributed by atoms with Gasteiger partial charge in [0.1, 0.15) is 74.7 Å². The van der Waals surface area contributed by atoms with E-state index in [0.29, 0.717) is 80.8 Å². The molecule has 520 valence electrons. The van der Waals surface area contributed by atoms with E-state index in [1.807, 2.05) is 30.3 Å². The Hall–Kier alpha value is -11.8. The highest BCUT2D eigenvalue weighted by Crippen LogP contribution is 2.29. The summed E-state index contributed by atoms with van der Waals surface area (Å²) in [5.41, 5.74) is 12.1. The Bertz CT molecular complexity index is 5750. The third-order valence-corrected chi connectivity index (χ3v) is 17.0. The minimum Gasteiger partial charge on any atom is -0.478 e. The smallest absolute Gasteiger partial charge is 0.340 e. The number of nitrogens with two attached hydrogens (primary N) is 1. The molecule has 0 aliphatic carbocycles. The lowest BCUT2D eigenvalue weighted by Gasteiger charge is -2.06. The summed E-state index contributed by atoms with van der Waals surface area (Å²) in [7, 11) is 0. The van der Waals surface area contributed by atoms with E-state index in [1.54, 1.807) is 79.6 Å². The number of H-pyrrole nitrogens is 3. The number of nitrogens with zero attached hydrogens (tertiary/aromatic N) is 15. The zero-order valence-electron chi connectivity index (χ0n) is 52.9. The van der Waals surface area contributed by atoms with E-state index in [0.717, 1.165) is 38.5 Å². The molecule has 15 aromatic rings. The van der Waals surface area contributed by atoms with Crippen molar-refractivity contribution in [1.82, 2.24) is 84.8 Å². The number of carboxylic acids is 1. The van der Waals surface area contributed by atoms with Gasteiger partial charge in [-0.1, -0.05) is 69.6 Å². The fourth-order valence-electron chi connectivity index (χ4n) is 10.7. The van der Waals surface area contributed by atoms with Gasteiger partial charge < -0.3 is 36.4 Å². The molecule has 8 N–H and O–H groups in total. The average molecular weight is 1540 g/mol. The molecule has 0 spiro atoms. The van der Waals surface area contributed by atoms with Gasteiger partial charge in [-0.3, -0.25) is 38.6 Å². The molecule has 12 heterocycles. The highest BCUT2D eigenvalue weighted by molar-refractivity contribution is 6.36. The lowest BCUT2D eigenvalue weighted by atomic mass is 10.1. The molecule has 3 aromatic carbocycles. The molecule has 0 saturated heterocycles. The minimum absolute atomic E-state index is 0. The Labute approximate surface area is 620 Å². The van der Waals surface area contributed by atoms with Crippen molar-refractivity contribution in [3.8, 4) is 18.2 Å². The van der Waals surface area contributed by atoms with Crippen molar-refractivity contribution < 1.29 is 32.7 Å². The van der Waals surface area contributed by atoms with Gasteiger partial charge in [0.25, 0.3) is 11.8 Å². The quantitative estimate of drug-likeness (QED) is 0.0532. The van der Waals surface area contributed by atoms with E-state index in [2.05, 4.69) is 70.8 Å². The van der Waals surface area contributed by atoms with Gasteiger partial charge in [-0.25, -0.2) is 32.9 Å². The van der Waals surface area contributed by atoms with Crippen LogP contribution < -0.4 is 16.4 Å². The van der Waals surface area contributed by atoms with Gasteiger partial charge in [0.2, 0.25) is 0 Å². The zero-order chi connectivity index (χ0) is 72.8. The number of hydrogen-bond acceptors (Lipinski definition) is 16. The fourth-order valence-corrected chi connectivity index (χ4v) is 11.8. The topological polar surface area (TPSA) is 371 Å². The number of halogens is 10. The van der Waals surface area contributed by atoms with E-state index in [-0.39, 0.29) is 95.5 Å². The molecule has 12 aromatic heterocycles. The van der Waals surface area contributed by atoms with Crippen LogP contribution in [0.4, 0.5) is 13.2 Å². The summed E-state index contributed by atoms with van der Waals surface area (Å²) in [6.45, 7) is 1.26. The predicted octanol–water partition coefficient (Wildman–Crippen LogP) is 14.1. The summed E-state index contributed by atoms with van der Waals surface area (Å²) in [6.07, 6.45) is 18.3. The van der Waals surface area contributed by atoms with Crippen molar-refractivity contribution in [3.05, 3.63) is 262 Å². The van der Waals surface area contributed by atoms with E-state index in [4.69, 9.17) is 85.7 Å². The third-order valence-electron chi connectivity index (χ3n) is 15.4. The number of aromatic nitrogens is 15. The van der Waals surface area contributed by atoms with Crippen LogP contribution in [0, 0.1) is 51.4 Å². The largest absolute Gasteiger partial charge is 0.478 e. The first-order chi connectivity index (χ1) is 49.6. The third kappa shape index (κ3) is 16.7. The van der Waals surface area contributed by atoms with Crippen LogP contribution in [0.25, 0.3) is 65.8 Å². The number of aromatic amines is 3. The Kier molecular flexibility index (Phi) is 22.7. The van der Waals surface area contributed by atoms with Crippen LogP contribution in [0.5, 0.6) is 0 Å². The lowest BCUT2D eigenvalue weighted by Crippen LogP contribution is -2.23. The standard InChI is InChI=1S/2C23H14Cl2FN7O.C15H8ClFN4O2.C8H8ClN3.ClH/c2*24-15-4-14-1-12(3-19(26)21(14)28-8-15)10-33-11-17(20(5-27)32-33)23(34)31-7-13-2-16-18(25)9-30-22(16)29-6-13;16-10-3-9-1-8(2-12(17)14(9)19-5-10)6-21-7-11(15(22)23)13(4-18)20-21;9-7-4-12-8-6(7)1-5(2-10)3-11-8;/h2*1-4,6,8-9,11H,7,10H2,(H,29,30)(H,31,34);1-3,5,7H,6H2,(H,22,23);1,3-4H,2,10H2,(H,11,12);1H. The summed E-state index contributed by atoms with van der Waals surface area (Å²) < 4.78 is 47.1. The second kappa shape index (κ2) is 32.1. The number of aromatic carboxylic acids is 1. The number of nitrogens with one attached hydrogen (secondary N) is 5. The van der Waals surface area contributed by atoms with Crippen molar-refractivity contribution in [2.24, 2.45) is 5.73 Å². The molecule has 0 unspecified atom stereocenters. The minimum atomic E-state index is -1.24. The number of pyridine rings is 6. The van der Waals surface area contributed by atoms with Gasteiger partial charge >= 0.3 is 5.97 Å². The zero-order valence-corrected chi connectivity index (χ0v) is 58.2. The van der Waals surface area contributed by atoms with E-state index < -0.39 is 35.2 Å². The summed E-state index contributed by atoms with van der Waals surface area (Å²) >= 11 is 35.9. The molecule has 0 bridgehead atoms. The molecule has 0 saturated carbocycles. The molecule has 0 aliphatic heterocycles. The lowest BCUT2D eigenvalue weighted by molar-refractivity contribution is 0.0695. The monoisotopic (exact) mass is 1530 g/mol. The van der Waals surface area contributed by atoms with Crippen molar-refractivity contribution in [1.29, 1.82) is 15.8 Å². The first kappa shape index (κ1) is 73.5. The normalized spacial score (nSPS) is 10.9. The summed E-state index contributed by atoms with van der Waals surface area (Å²) in [4.78, 5) is 70.0. The van der Waals surface area contributed by atoms with E-state index in [9.17, 15) is 38.1 Å². The number of carbonyl (C=O) groups is 3. The number of nitriles is 3. The predicted molar refractivity (Wildman–Crippen MR) is 386 cm³/mol. The molecule has 2 amide bonds. The van der Waals surface area contributed by atoms with Crippen LogP contribution in [0.3, 0.4) is 0 Å². The van der Waals surface area contributed by atoms with Crippen LogP contribution in [-0.4, -0.2) is 97.1 Å². The van der Waals surface area contributed by atoms with Crippen LogP contribution in [0.2, 0.25) is 30.1 Å². The number of fused-ring (bicyclic) bond motifs is 6. The van der Waals surface area contributed by atoms with Crippen LogP contribution in [-0.2, 0) is 39.3 Å². The molecule has 15 rings (SSSR count). The number of carboxylic acid groups (broad SMARTS) is 1. The first-order valence-corrected chi connectivity index (χ1v) is 32.4. The Balaban J connectivity index is 0.000000146. The summed E-state index contributed by atoms with van der Waals surface area (Å²) in [5.74, 6) is -3.69. The number of amides is 2. The average Bonchev–Trinajstić information content (AvgIpc) is 1.15. The molecular formula is C69H45Cl7F3N21O4. The molecule has 35 heteroatoms. The molecule has 0 atom stereocenters. The maximum absolute atomic E-state index is 14.5. The molecule has 104 heavy (non-hydrogen) atoms. The molecular weight excluding hydrogens is 1490 g/mol. The van der Waals surface area contributed by atoms with Crippen molar-refractivity contribution in [3.63, 3.8) is 0 Å². The van der Waals surface area contributed by atoms with Gasteiger partial charge in [0, 0.05) is 126 Å². The van der Waals surface area contributed by atoms with Crippen LogP contribution in [0.1, 0.15) is 81.5 Å². The maximum atomic E-state index is 14.5. The second-order valence-electron chi connectivity index (χ2n) is 22.5. The van der Waals surface area contributed by atoms with Crippen LogP contribution >= 0.6 is 82.0 Å². The van der Waals surface area contributed by atoms with Crippen molar-refractivity contribution in [2.75, 3.05) is 0 Å². The number of benzene rings is 3. The SMILES string of the molecule is Cl.N#Cc1nn(Cc2cc(F)c3ncc(Cl)cc3c2)cc1C(=O)NCc1cnc2[nH]cc(Cl)c2c1.N#Cc1nn(Cc2cc(F)c3ncc(Cl)cc3c2)cc1C(=O)NCc1cnc2[nH]cc(Cl)c2c1.N#Cc1nn(Cc2cc(F)c3ncc(Cl)cc3c2)cc1C(=O)O.NCc1cnc2[nH]cc(Cl)c2c1. The van der Waals surface area contributed by atoms with E-state index >= 15 is 0 Å². The molecule has 0 aliphatic rings. The second-order valence-corrected chi connectivity index (χ2v) is 25.0. The van der Waals surface area contributed by atoms with Gasteiger partial charge in [-0.05, 0) is 106 Å². The highest BCUT2D eigenvalue weighted by Gasteiger charge is 2.21. The van der Waals surface area contributed by atoms with Crippen molar-refractivity contribution in [2.45, 2.75) is 39.3 Å². The van der Waals surface area contributed by atoms with Gasteiger partial charge in [0.15, 0.2) is 17.1 Å². The number of hydrogen-bond donors (Lipinski definition) is 7. The fraction of sp³-hybridized carbons (Fsp3) is 0.0870. The molecule has 0 radical (unpaired) electrons. The van der Waals surface area contributed by atoms with E-state index in [1.165, 1.54) is 69.4 Å². The Morgan fingerprint density at radius 1 is 0.452 bits per heavy atom. The maximum Gasteiger partial charge on any atom is 0.340 e. The van der Waals surface area contributed by atoms with Gasteiger partial charge in [-0.15, -0.1) is 12.4 Å². The van der Waals surface area contributed by atoms with Gasteiger partial charge in [-0.2, -0.15) is 31.1 Å².